The van der Waals surface area contributed by atoms with E-state index in [1.54, 1.807) is 4.90 Å². The Labute approximate surface area is 118 Å². The molecular formula is C17H17NO2. The Kier molecular flexibility index (Phi) is 3.52. The van der Waals surface area contributed by atoms with Gasteiger partial charge in [0.1, 0.15) is 0 Å². The van der Waals surface area contributed by atoms with E-state index < -0.39 is 0 Å². The van der Waals surface area contributed by atoms with E-state index in [4.69, 9.17) is 0 Å². The Morgan fingerprint density at radius 3 is 2.40 bits per heavy atom. The van der Waals surface area contributed by atoms with Crippen LogP contribution in [0.4, 0.5) is 0 Å². The summed E-state index contributed by atoms with van der Waals surface area (Å²) in [6.45, 7) is 0.886. The zero-order valence-electron chi connectivity index (χ0n) is 11.2. The lowest BCUT2D eigenvalue weighted by atomic mass is 9.98. The van der Waals surface area contributed by atoms with Crippen molar-refractivity contribution in [2.75, 3.05) is 13.1 Å². The van der Waals surface area contributed by atoms with Gasteiger partial charge in [-0.25, -0.2) is 0 Å². The zero-order valence-corrected chi connectivity index (χ0v) is 11.2. The minimum absolute atomic E-state index is 0.0156. The Balaban J connectivity index is 1.83. The van der Waals surface area contributed by atoms with Crippen molar-refractivity contribution in [2.45, 2.75) is 12.5 Å². The predicted molar refractivity (Wildman–Crippen MR) is 77.6 cm³/mol. The molecule has 1 heterocycles. The fourth-order valence-corrected chi connectivity index (χ4v) is 2.49. The number of aliphatic hydroxyl groups is 1. The lowest BCUT2D eigenvalue weighted by molar-refractivity contribution is 0.00583. The Morgan fingerprint density at radius 2 is 1.70 bits per heavy atom. The molecule has 1 fully saturated rings. The standard InChI is InChI=1S/C17H17NO2/c19-15-11-18(12-15)17(20)16-9-5-4-8-14(16)10-13-6-2-1-3-7-13/h1-9,15,19H,10-12H2. The first-order valence-electron chi connectivity index (χ1n) is 6.83. The minimum Gasteiger partial charge on any atom is -0.389 e. The van der Waals surface area contributed by atoms with Gasteiger partial charge in [-0.15, -0.1) is 0 Å². The van der Waals surface area contributed by atoms with Crippen LogP contribution in [0.15, 0.2) is 54.6 Å². The second-order valence-electron chi connectivity index (χ2n) is 5.18. The van der Waals surface area contributed by atoms with E-state index in [0.717, 1.165) is 17.5 Å². The lowest BCUT2D eigenvalue weighted by Gasteiger charge is -2.36. The summed E-state index contributed by atoms with van der Waals surface area (Å²) in [5.74, 6) is 0.0156. The Bertz CT molecular complexity index is 603. The molecule has 20 heavy (non-hydrogen) atoms. The van der Waals surface area contributed by atoms with Gasteiger partial charge in [-0.1, -0.05) is 48.5 Å². The molecule has 2 aromatic carbocycles. The number of hydrogen-bond acceptors (Lipinski definition) is 2. The number of β-amino-alcohol motifs (C(OH)–C–C–N with tert-alkyl or cyclic N) is 1. The van der Waals surface area contributed by atoms with Crippen molar-refractivity contribution in [1.29, 1.82) is 0 Å². The van der Waals surface area contributed by atoms with Crippen LogP contribution in [0.2, 0.25) is 0 Å². The van der Waals surface area contributed by atoms with Crippen LogP contribution in [0, 0.1) is 0 Å². The number of carbonyl (C=O) groups excluding carboxylic acids is 1. The number of aliphatic hydroxyl groups excluding tert-OH is 1. The number of rotatable bonds is 3. The average Bonchev–Trinajstić information content (AvgIpc) is 2.45. The molecule has 1 aliphatic rings. The van der Waals surface area contributed by atoms with Gasteiger partial charge in [0.15, 0.2) is 0 Å². The van der Waals surface area contributed by atoms with Gasteiger partial charge >= 0.3 is 0 Å². The monoisotopic (exact) mass is 267 g/mol. The van der Waals surface area contributed by atoms with Gasteiger partial charge in [-0.2, -0.15) is 0 Å². The molecule has 0 aromatic heterocycles. The highest BCUT2D eigenvalue weighted by molar-refractivity contribution is 5.96. The third kappa shape index (κ3) is 2.58. The maximum absolute atomic E-state index is 12.4. The molecule has 102 valence electrons. The molecule has 3 rings (SSSR count). The fourth-order valence-electron chi connectivity index (χ4n) is 2.49. The van der Waals surface area contributed by atoms with Gasteiger partial charge in [-0.3, -0.25) is 4.79 Å². The summed E-state index contributed by atoms with van der Waals surface area (Å²) < 4.78 is 0. The van der Waals surface area contributed by atoms with Crippen molar-refractivity contribution in [3.8, 4) is 0 Å². The SMILES string of the molecule is O=C(c1ccccc1Cc1ccccc1)N1CC(O)C1. The summed E-state index contributed by atoms with van der Waals surface area (Å²) in [6, 6.07) is 17.8. The average molecular weight is 267 g/mol. The van der Waals surface area contributed by atoms with E-state index in [1.807, 2.05) is 42.5 Å². The highest BCUT2D eigenvalue weighted by Crippen LogP contribution is 2.19. The molecule has 2 aromatic rings. The molecule has 0 saturated carbocycles. The van der Waals surface area contributed by atoms with Gasteiger partial charge in [0.2, 0.25) is 0 Å². The second kappa shape index (κ2) is 5.47. The molecular weight excluding hydrogens is 250 g/mol. The number of hydrogen-bond donors (Lipinski definition) is 1. The third-order valence-corrected chi connectivity index (χ3v) is 3.63. The van der Waals surface area contributed by atoms with E-state index in [0.29, 0.717) is 13.1 Å². The van der Waals surface area contributed by atoms with Crippen molar-refractivity contribution in [1.82, 2.24) is 4.90 Å². The van der Waals surface area contributed by atoms with Gasteiger partial charge in [0.05, 0.1) is 6.10 Å². The first kappa shape index (κ1) is 12.9. The molecule has 1 N–H and O–H groups in total. The Morgan fingerprint density at radius 1 is 1.05 bits per heavy atom. The molecule has 0 spiro atoms. The number of nitrogens with zero attached hydrogens (tertiary/aromatic N) is 1. The molecule has 1 aliphatic heterocycles. The molecule has 1 saturated heterocycles. The number of amides is 1. The van der Waals surface area contributed by atoms with E-state index in [2.05, 4.69) is 12.1 Å². The van der Waals surface area contributed by atoms with Gasteiger partial charge in [0.25, 0.3) is 5.91 Å². The molecule has 3 nitrogen and oxygen atoms in total. The predicted octanol–water partition coefficient (Wildman–Crippen LogP) is 2.09. The maximum Gasteiger partial charge on any atom is 0.254 e. The smallest absolute Gasteiger partial charge is 0.254 e. The first-order chi connectivity index (χ1) is 9.74. The molecule has 0 aliphatic carbocycles. The summed E-state index contributed by atoms with van der Waals surface area (Å²) in [7, 11) is 0. The largest absolute Gasteiger partial charge is 0.389 e. The van der Waals surface area contributed by atoms with Crippen LogP contribution in [0.1, 0.15) is 21.5 Å². The molecule has 0 unspecified atom stereocenters. The summed E-state index contributed by atoms with van der Waals surface area (Å²) in [6.07, 6.45) is 0.388. The molecule has 0 bridgehead atoms. The van der Waals surface area contributed by atoms with E-state index in [9.17, 15) is 9.90 Å². The van der Waals surface area contributed by atoms with Crippen molar-refractivity contribution in [2.24, 2.45) is 0 Å². The lowest BCUT2D eigenvalue weighted by Crippen LogP contribution is -2.53. The number of carbonyl (C=O) groups is 1. The maximum atomic E-state index is 12.4. The van der Waals surface area contributed by atoms with Gasteiger partial charge < -0.3 is 10.0 Å². The fraction of sp³-hybridized carbons (Fsp3) is 0.235. The van der Waals surface area contributed by atoms with E-state index in [1.165, 1.54) is 5.56 Å². The van der Waals surface area contributed by atoms with Crippen LogP contribution in [0.25, 0.3) is 0 Å². The van der Waals surface area contributed by atoms with Crippen LogP contribution in [0.5, 0.6) is 0 Å². The van der Waals surface area contributed by atoms with E-state index in [-0.39, 0.29) is 12.0 Å². The Hall–Kier alpha value is -2.13. The number of likely N-dealkylation sites (tertiary alicyclic amines) is 1. The van der Waals surface area contributed by atoms with Crippen molar-refractivity contribution < 1.29 is 9.90 Å². The van der Waals surface area contributed by atoms with Crippen LogP contribution < -0.4 is 0 Å². The molecule has 0 atom stereocenters. The highest BCUT2D eigenvalue weighted by atomic mass is 16.3. The van der Waals surface area contributed by atoms with Gasteiger partial charge in [0, 0.05) is 18.7 Å². The van der Waals surface area contributed by atoms with Crippen molar-refractivity contribution in [3.63, 3.8) is 0 Å². The van der Waals surface area contributed by atoms with Gasteiger partial charge in [-0.05, 0) is 23.6 Å². The van der Waals surface area contributed by atoms with Crippen molar-refractivity contribution in [3.05, 3.63) is 71.3 Å². The van der Waals surface area contributed by atoms with Crippen molar-refractivity contribution >= 4 is 5.91 Å². The summed E-state index contributed by atoms with van der Waals surface area (Å²) in [5.41, 5.74) is 2.96. The quantitative estimate of drug-likeness (QED) is 0.925. The zero-order chi connectivity index (χ0) is 13.9. The minimum atomic E-state index is -0.361. The molecule has 3 heteroatoms. The normalized spacial score (nSPS) is 14.9. The van der Waals surface area contributed by atoms with Crippen LogP contribution in [-0.4, -0.2) is 35.1 Å². The summed E-state index contributed by atoms with van der Waals surface area (Å²) >= 11 is 0. The van der Waals surface area contributed by atoms with Crippen LogP contribution >= 0.6 is 0 Å². The number of benzene rings is 2. The molecule has 1 amide bonds. The first-order valence-corrected chi connectivity index (χ1v) is 6.83. The summed E-state index contributed by atoms with van der Waals surface area (Å²) in [4.78, 5) is 14.1. The molecule has 0 radical (unpaired) electrons. The highest BCUT2D eigenvalue weighted by Gasteiger charge is 2.30. The summed E-state index contributed by atoms with van der Waals surface area (Å²) in [5, 5.41) is 9.32. The van der Waals surface area contributed by atoms with E-state index >= 15 is 0 Å². The topological polar surface area (TPSA) is 40.5 Å². The van der Waals surface area contributed by atoms with Crippen LogP contribution in [-0.2, 0) is 6.42 Å². The van der Waals surface area contributed by atoms with Crippen LogP contribution in [0.3, 0.4) is 0 Å². The second-order valence-corrected chi connectivity index (χ2v) is 5.18. The third-order valence-electron chi connectivity index (χ3n) is 3.63.